The topological polar surface area (TPSA) is 50.8 Å². The van der Waals surface area contributed by atoms with Crippen LogP contribution in [0.3, 0.4) is 0 Å². The smallest absolute Gasteiger partial charge is 0.317 e. The molecule has 134 valence electrons. The molecular weight excluding hydrogens is 323 g/mol. The fourth-order valence-corrected chi connectivity index (χ4v) is 2.49. The summed E-state index contributed by atoms with van der Waals surface area (Å²) in [5.41, 5.74) is 2.72. The summed E-state index contributed by atoms with van der Waals surface area (Å²) in [5, 5.41) is 2.87. The van der Waals surface area contributed by atoms with Crippen molar-refractivity contribution in [1.82, 2.24) is 10.2 Å². The lowest BCUT2D eigenvalue weighted by atomic mass is 10.1. The second-order valence-corrected chi connectivity index (χ2v) is 5.69. The molecule has 0 atom stereocenters. The minimum atomic E-state index is -0.442. The van der Waals surface area contributed by atoms with Crippen molar-refractivity contribution in [3.05, 3.63) is 65.0 Å². The van der Waals surface area contributed by atoms with E-state index in [4.69, 9.17) is 9.47 Å². The molecule has 5 nitrogen and oxygen atoms in total. The van der Waals surface area contributed by atoms with Crippen molar-refractivity contribution in [3.8, 4) is 5.75 Å². The van der Waals surface area contributed by atoms with Crippen LogP contribution < -0.4 is 10.1 Å². The maximum absolute atomic E-state index is 13.7. The average Bonchev–Trinajstić information content (AvgIpc) is 2.61. The van der Waals surface area contributed by atoms with Crippen molar-refractivity contribution in [2.24, 2.45) is 0 Å². The molecule has 2 aromatic carbocycles. The van der Waals surface area contributed by atoms with E-state index in [9.17, 15) is 9.18 Å². The van der Waals surface area contributed by atoms with E-state index in [0.29, 0.717) is 25.3 Å². The van der Waals surface area contributed by atoms with Crippen molar-refractivity contribution >= 4 is 6.03 Å². The Morgan fingerprint density at radius 1 is 1.16 bits per heavy atom. The Hall–Kier alpha value is -2.60. The van der Waals surface area contributed by atoms with E-state index in [2.05, 4.69) is 5.32 Å². The van der Waals surface area contributed by atoms with Gasteiger partial charge < -0.3 is 19.7 Å². The van der Waals surface area contributed by atoms with Gasteiger partial charge in [-0.1, -0.05) is 30.3 Å². The molecule has 0 radical (unpaired) electrons. The predicted molar refractivity (Wildman–Crippen MR) is 93.8 cm³/mol. The van der Waals surface area contributed by atoms with Gasteiger partial charge in [-0.2, -0.15) is 0 Å². The van der Waals surface area contributed by atoms with Gasteiger partial charge in [0.1, 0.15) is 0 Å². The first kappa shape index (κ1) is 18.7. The summed E-state index contributed by atoms with van der Waals surface area (Å²) >= 11 is 0. The maximum atomic E-state index is 13.7. The summed E-state index contributed by atoms with van der Waals surface area (Å²) in [6, 6.07) is 12.2. The van der Waals surface area contributed by atoms with E-state index in [-0.39, 0.29) is 11.8 Å². The number of methoxy groups -OCH3 is 2. The number of hydrogen-bond acceptors (Lipinski definition) is 3. The Kier molecular flexibility index (Phi) is 6.77. The zero-order valence-electron chi connectivity index (χ0n) is 14.7. The van der Waals surface area contributed by atoms with E-state index < -0.39 is 5.82 Å². The van der Waals surface area contributed by atoms with Crippen LogP contribution in [0.5, 0.6) is 5.75 Å². The van der Waals surface area contributed by atoms with Gasteiger partial charge in [0, 0.05) is 27.2 Å². The average molecular weight is 346 g/mol. The van der Waals surface area contributed by atoms with Crippen LogP contribution in [0.1, 0.15) is 16.7 Å². The van der Waals surface area contributed by atoms with Crippen molar-refractivity contribution in [2.45, 2.75) is 19.7 Å². The molecule has 2 aromatic rings. The van der Waals surface area contributed by atoms with Crippen LogP contribution in [0.25, 0.3) is 0 Å². The largest absolute Gasteiger partial charge is 0.494 e. The van der Waals surface area contributed by atoms with E-state index in [0.717, 1.165) is 11.1 Å². The number of carbonyl (C=O) groups excluding carboxylic acids is 1. The number of rotatable bonds is 7. The SMILES string of the molecule is COCc1ccccc1CNC(=O)N(C)Cc1ccc(OC)c(F)c1. The van der Waals surface area contributed by atoms with Gasteiger partial charge in [-0.25, -0.2) is 9.18 Å². The lowest BCUT2D eigenvalue weighted by Crippen LogP contribution is -2.36. The highest BCUT2D eigenvalue weighted by atomic mass is 19.1. The number of amides is 2. The van der Waals surface area contributed by atoms with Crippen molar-refractivity contribution in [2.75, 3.05) is 21.3 Å². The Labute approximate surface area is 147 Å². The summed E-state index contributed by atoms with van der Waals surface area (Å²) in [5.74, 6) is -0.257. The van der Waals surface area contributed by atoms with Crippen LogP contribution in [0.2, 0.25) is 0 Å². The van der Waals surface area contributed by atoms with E-state index in [1.807, 2.05) is 24.3 Å². The van der Waals surface area contributed by atoms with Crippen LogP contribution in [-0.2, 0) is 24.4 Å². The minimum Gasteiger partial charge on any atom is -0.494 e. The third-order valence-corrected chi connectivity index (χ3v) is 3.83. The van der Waals surface area contributed by atoms with Gasteiger partial charge in [0.2, 0.25) is 0 Å². The van der Waals surface area contributed by atoms with Crippen molar-refractivity contribution in [1.29, 1.82) is 0 Å². The van der Waals surface area contributed by atoms with E-state index >= 15 is 0 Å². The zero-order valence-corrected chi connectivity index (χ0v) is 14.7. The molecule has 2 rings (SSSR count). The number of ether oxygens (including phenoxy) is 2. The highest BCUT2D eigenvalue weighted by molar-refractivity contribution is 5.73. The third kappa shape index (κ3) is 5.19. The molecule has 0 aliphatic heterocycles. The van der Waals surface area contributed by atoms with Gasteiger partial charge in [-0.05, 0) is 28.8 Å². The van der Waals surface area contributed by atoms with E-state index in [1.54, 1.807) is 26.3 Å². The lowest BCUT2D eigenvalue weighted by Gasteiger charge is -2.19. The second kappa shape index (κ2) is 9.03. The molecule has 25 heavy (non-hydrogen) atoms. The van der Waals surface area contributed by atoms with Gasteiger partial charge in [-0.3, -0.25) is 0 Å². The number of carbonyl (C=O) groups is 1. The molecule has 0 saturated carbocycles. The Morgan fingerprint density at radius 3 is 2.52 bits per heavy atom. The monoisotopic (exact) mass is 346 g/mol. The van der Waals surface area contributed by atoms with Gasteiger partial charge in [0.25, 0.3) is 0 Å². The first-order chi connectivity index (χ1) is 12.0. The fraction of sp³-hybridized carbons (Fsp3) is 0.316. The molecule has 1 N–H and O–H groups in total. The summed E-state index contributed by atoms with van der Waals surface area (Å²) < 4.78 is 23.8. The molecule has 0 unspecified atom stereocenters. The number of nitrogens with one attached hydrogen (secondary N) is 1. The molecule has 6 heteroatoms. The second-order valence-electron chi connectivity index (χ2n) is 5.69. The Morgan fingerprint density at radius 2 is 1.88 bits per heavy atom. The van der Waals surface area contributed by atoms with Crippen molar-refractivity contribution in [3.63, 3.8) is 0 Å². The molecule has 2 amide bonds. The predicted octanol–water partition coefficient (Wildman–Crippen LogP) is 3.32. The lowest BCUT2D eigenvalue weighted by molar-refractivity contribution is 0.183. The zero-order chi connectivity index (χ0) is 18.2. The molecule has 0 spiro atoms. The maximum Gasteiger partial charge on any atom is 0.317 e. The summed E-state index contributed by atoms with van der Waals surface area (Å²) in [6.07, 6.45) is 0. The number of hydrogen-bond donors (Lipinski definition) is 1. The molecular formula is C19H23FN2O3. The minimum absolute atomic E-state index is 0.186. The molecule has 0 aliphatic carbocycles. The van der Waals surface area contributed by atoms with Gasteiger partial charge >= 0.3 is 6.03 Å². The van der Waals surface area contributed by atoms with E-state index in [1.165, 1.54) is 18.1 Å². The van der Waals surface area contributed by atoms with Crippen LogP contribution >= 0.6 is 0 Å². The van der Waals surface area contributed by atoms with Crippen LogP contribution in [-0.4, -0.2) is 32.2 Å². The highest BCUT2D eigenvalue weighted by Gasteiger charge is 2.11. The fourth-order valence-electron chi connectivity index (χ4n) is 2.49. The quantitative estimate of drug-likeness (QED) is 0.837. The normalized spacial score (nSPS) is 10.4. The molecule has 0 heterocycles. The van der Waals surface area contributed by atoms with Gasteiger partial charge in [0.15, 0.2) is 11.6 Å². The first-order valence-corrected chi connectivity index (χ1v) is 7.92. The van der Waals surface area contributed by atoms with Gasteiger partial charge in [-0.15, -0.1) is 0 Å². The highest BCUT2D eigenvalue weighted by Crippen LogP contribution is 2.18. The number of halogens is 1. The third-order valence-electron chi connectivity index (χ3n) is 3.83. The van der Waals surface area contributed by atoms with Crippen LogP contribution in [0, 0.1) is 5.82 Å². The summed E-state index contributed by atoms with van der Waals surface area (Å²) in [4.78, 5) is 13.8. The molecule has 0 aliphatic rings. The Balaban J connectivity index is 1.93. The Bertz CT molecular complexity index is 722. The summed E-state index contributed by atoms with van der Waals surface area (Å²) in [6.45, 7) is 1.19. The standard InChI is InChI=1S/C19H23FN2O3/c1-22(12-14-8-9-18(25-3)17(20)10-14)19(23)21-11-15-6-4-5-7-16(15)13-24-2/h4-10H,11-13H2,1-3H3,(H,21,23). The first-order valence-electron chi connectivity index (χ1n) is 7.92. The van der Waals surface area contributed by atoms with Crippen LogP contribution in [0.4, 0.5) is 9.18 Å². The molecule has 0 fully saturated rings. The van der Waals surface area contributed by atoms with Gasteiger partial charge in [0.05, 0.1) is 13.7 Å². The number of urea groups is 1. The van der Waals surface area contributed by atoms with Crippen molar-refractivity contribution < 1.29 is 18.7 Å². The molecule has 0 bridgehead atoms. The number of nitrogens with zero attached hydrogens (tertiary/aromatic N) is 1. The summed E-state index contributed by atoms with van der Waals surface area (Å²) in [7, 11) is 4.72. The molecule has 0 saturated heterocycles. The molecule has 0 aromatic heterocycles. The number of benzene rings is 2. The van der Waals surface area contributed by atoms with Crippen LogP contribution in [0.15, 0.2) is 42.5 Å².